The molecule has 0 saturated carbocycles. The minimum absolute atomic E-state index is 0.135. The summed E-state index contributed by atoms with van der Waals surface area (Å²) in [6, 6.07) is 17.2. The highest BCUT2D eigenvalue weighted by Gasteiger charge is 2.35. The van der Waals surface area contributed by atoms with Gasteiger partial charge in [0.2, 0.25) is 0 Å². The fourth-order valence-corrected chi connectivity index (χ4v) is 3.65. The Morgan fingerprint density at radius 1 is 0.889 bits per heavy atom. The van der Waals surface area contributed by atoms with Gasteiger partial charge in [-0.2, -0.15) is 0 Å². The molecule has 0 fully saturated rings. The van der Waals surface area contributed by atoms with Crippen LogP contribution in [0.15, 0.2) is 60.0 Å². The van der Waals surface area contributed by atoms with E-state index in [1.54, 1.807) is 14.2 Å². The van der Waals surface area contributed by atoms with E-state index in [-0.39, 0.29) is 6.23 Å². The highest BCUT2D eigenvalue weighted by Crippen LogP contribution is 2.35. The summed E-state index contributed by atoms with van der Waals surface area (Å²) in [6.45, 7) is 7.07. The van der Waals surface area contributed by atoms with E-state index in [1.165, 1.54) is 16.7 Å². The highest BCUT2D eigenvalue weighted by molar-refractivity contribution is 5.60. The van der Waals surface area contributed by atoms with Crippen molar-refractivity contribution >= 4 is 11.4 Å². The topological polar surface area (TPSA) is 24.9 Å². The molecule has 0 bridgehead atoms. The van der Waals surface area contributed by atoms with E-state index < -0.39 is 0 Å². The molecule has 0 aliphatic carbocycles. The molecule has 2 aromatic rings. The summed E-state index contributed by atoms with van der Waals surface area (Å²) in [5.41, 5.74) is 5.95. The van der Waals surface area contributed by atoms with Crippen molar-refractivity contribution in [1.82, 2.24) is 0 Å². The zero-order valence-corrected chi connectivity index (χ0v) is 17.0. The second kappa shape index (κ2) is 8.49. The number of hydrogen-bond donors (Lipinski definition) is 0. The van der Waals surface area contributed by atoms with Gasteiger partial charge in [0.1, 0.15) is 6.67 Å². The molecule has 27 heavy (non-hydrogen) atoms. The number of rotatable bonds is 6. The lowest BCUT2D eigenvalue weighted by Gasteiger charge is -2.44. The Balaban J connectivity index is 2.09. The summed E-state index contributed by atoms with van der Waals surface area (Å²) in [5, 5.41) is 0. The van der Waals surface area contributed by atoms with Gasteiger partial charge in [0, 0.05) is 24.1 Å². The monoisotopic (exact) mass is 366 g/mol. The largest absolute Gasteiger partial charge is 0.482 e. The van der Waals surface area contributed by atoms with Crippen molar-refractivity contribution in [2.45, 2.75) is 39.8 Å². The van der Waals surface area contributed by atoms with Crippen molar-refractivity contribution in [3.8, 4) is 0 Å². The van der Waals surface area contributed by atoms with Crippen LogP contribution in [0.4, 0.5) is 11.4 Å². The Morgan fingerprint density at radius 2 is 1.44 bits per heavy atom. The Bertz CT molecular complexity index is 781. The average molecular weight is 367 g/mol. The van der Waals surface area contributed by atoms with Crippen molar-refractivity contribution in [1.29, 1.82) is 0 Å². The Morgan fingerprint density at radius 3 is 1.93 bits per heavy atom. The van der Waals surface area contributed by atoms with Crippen LogP contribution in [0.1, 0.15) is 30.9 Å². The summed E-state index contributed by atoms with van der Waals surface area (Å²) in [4.78, 5) is 4.53. The maximum absolute atomic E-state index is 5.95. The maximum Gasteiger partial charge on any atom is 0.198 e. The van der Waals surface area contributed by atoms with Gasteiger partial charge < -0.3 is 14.4 Å². The predicted molar refractivity (Wildman–Crippen MR) is 112 cm³/mol. The van der Waals surface area contributed by atoms with Crippen LogP contribution in [-0.2, 0) is 9.47 Å². The van der Waals surface area contributed by atoms with Crippen LogP contribution >= 0.6 is 0 Å². The first-order valence-corrected chi connectivity index (χ1v) is 9.56. The summed E-state index contributed by atoms with van der Waals surface area (Å²) in [7, 11) is 3.52. The van der Waals surface area contributed by atoms with Crippen molar-refractivity contribution in [3.05, 3.63) is 71.1 Å². The molecule has 1 aliphatic rings. The zero-order chi connectivity index (χ0) is 19.4. The number of benzene rings is 2. The number of nitrogens with zero attached hydrogens (tertiary/aromatic N) is 2. The maximum atomic E-state index is 5.95. The van der Waals surface area contributed by atoms with Gasteiger partial charge in [-0.25, -0.2) is 0 Å². The molecule has 0 radical (unpaired) electrons. The molecule has 144 valence electrons. The van der Waals surface area contributed by atoms with Crippen molar-refractivity contribution in [3.63, 3.8) is 0 Å². The van der Waals surface area contributed by atoms with Gasteiger partial charge in [-0.1, -0.05) is 48.7 Å². The third-order valence-electron chi connectivity index (χ3n) is 5.04. The Labute approximate surface area is 163 Å². The molecule has 2 aromatic carbocycles. The normalized spacial score (nSPS) is 17.4. The first kappa shape index (κ1) is 19.3. The molecular weight excluding hydrogens is 336 g/mol. The van der Waals surface area contributed by atoms with Crippen LogP contribution in [-0.4, -0.2) is 27.1 Å². The summed E-state index contributed by atoms with van der Waals surface area (Å²) >= 11 is 0. The zero-order valence-electron chi connectivity index (χ0n) is 17.0. The van der Waals surface area contributed by atoms with E-state index in [4.69, 9.17) is 9.47 Å². The van der Waals surface area contributed by atoms with E-state index in [0.717, 1.165) is 30.1 Å². The van der Waals surface area contributed by atoms with Crippen LogP contribution in [0.2, 0.25) is 0 Å². The second-order valence-corrected chi connectivity index (χ2v) is 7.08. The van der Waals surface area contributed by atoms with E-state index >= 15 is 0 Å². The van der Waals surface area contributed by atoms with Crippen molar-refractivity contribution in [2.75, 3.05) is 30.7 Å². The van der Waals surface area contributed by atoms with Crippen LogP contribution in [0.3, 0.4) is 0 Å². The number of ether oxygens (including phenoxy) is 2. The second-order valence-electron chi connectivity index (χ2n) is 7.08. The third-order valence-corrected chi connectivity index (χ3v) is 5.04. The number of methoxy groups -OCH3 is 2. The van der Waals surface area contributed by atoms with Crippen molar-refractivity contribution in [2.24, 2.45) is 0 Å². The first-order chi connectivity index (χ1) is 13.1. The molecule has 4 heteroatoms. The van der Waals surface area contributed by atoms with Crippen LogP contribution in [0.5, 0.6) is 0 Å². The fraction of sp³-hybridized carbons (Fsp3) is 0.391. The van der Waals surface area contributed by atoms with E-state index in [9.17, 15) is 0 Å². The van der Waals surface area contributed by atoms with E-state index in [0.29, 0.717) is 6.67 Å². The summed E-state index contributed by atoms with van der Waals surface area (Å²) in [6.07, 6.45) is 1.82. The van der Waals surface area contributed by atoms with Crippen LogP contribution in [0.25, 0.3) is 0 Å². The minimum Gasteiger partial charge on any atom is -0.482 e. The summed E-state index contributed by atoms with van der Waals surface area (Å²) in [5.74, 6) is 0.899. The third kappa shape index (κ3) is 3.96. The Hall–Kier alpha value is -2.46. The van der Waals surface area contributed by atoms with Crippen LogP contribution in [0, 0.1) is 13.8 Å². The molecule has 0 aromatic heterocycles. The molecule has 0 saturated heterocycles. The predicted octanol–water partition coefficient (Wildman–Crippen LogP) is 5.22. The number of anilines is 2. The van der Waals surface area contributed by atoms with Gasteiger partial charge >= 0.3 is 0 Å². The SMILES string of the molecule is CCCC1=C(OC)N(c2ccc(C)cc2)CN(c2ccc(C)cc2)C1OC. The van der Waals surface area contributed by atoms with Gasteiger partial charge in [-0.05, 0) is 44.5 Å². The molecule has 1 aliphatic heterocycles. The number of hydrogen-bond acceptors (Lipinski definition) is 4. The van der Waals surface area contributed by atoms with E-state index in [2.05, 4.69) is 79.1 Å². The minimum atomic E-state index is -0.135. The number of aryl methyl sites for hydroxylation is 2. The molecule has 0 N–H and O–H groups in total. The van der Waals surface area contributed by atoms with Gasteiger partial charge in [-0.3, -0.25) is 4.90 Å². The molecule has 0 spiro atoms. The van der Waals surface area contributed by atoms with E-state index in [1.807, 2.05) is 0 Å². The molecule has 3 rings (SSSR count). The average Bonchev–Trinajstić information content (AvgIpc) is 2.68. The molecule has 4 nitrogen and oxygen atoms in total. The molecule has 0 amide bonds. The lowest BCUT2D eigenvalue weighted by Crippen LogP contribution is -2.51. The summed E-state index contributed by atoms with van der Waals surface area (Å²) < 4.78 is 11.8. The molecule has 1 unspecified atom stereocenters. The molecular formula is C23H30N2O2. The lowest BCUT2D eigenvalue weighted by atomic mass is 10.0. The first-order valence-electron chi connectivity index (χ1n) is 9.56. The molecule has 1 atom stereocenters. The fourth-order valence-electron chi connectivity index (χ4n) is 3.65. The standard InChI is InChI=1S/C23H30N2O2/c1-6-7-21-22(26-4)24(19-12-8-17(2)9-13-19)16-25(23(21)27-5)20-14-10-18(3)11-15-20/h8-15,22H,6-7,16H2,1-5H3. The smallest absolute Gasteiger partial charge is 0.198 e. The quantitative estimate of drug-likeness (QED) is 0.700. The van der Waals surface area contributed by atoms with Gasteiger partial charge in [0.15, 0.2) is 12.1 Å². The molecule has 1 heterocycles. The van der Waals surface area contributed by atoms with Gasteiger partial charge in [-0.15, -0.1) is 0 Å². The lowest BCUT2D eigenvalue weighted by molar-refractivity contribution is 0.107. The highest BCUT2D eigenvalue weighted by atomic mass is 16.5. The van der Waals surface area contributed by atoms with Gasteiger partial charge in [0.05, 0.1) is 7.11 Å². The Kier molecular flexibility index (Phi) is 6.07. The van der Waals surface area contributed by atoms with Gasteiger partial charge in [0.25, 0.3) is 0 Å². The van der Waals surface area contributed by atoms with Crippen LogP contribution < -0.4 is 9.80 Å². The van der Waals surface area contributed by atoms with Crippen molar-refractivity contribution < 1.29 is 9.47 Å².